The zero-order valence-electron chi connectivity index (χ0n) is 10.5. The quantitative estimate of drug-likeness (QED) is 0.762. The lowest BCUT2D eigenvalue weighted by atomic mass is 10.2. The third-order valence-corrected chi connectivity index (χ3v) is 2.40. The first-order valence-corrected chi connectivity index (χ1v) is 5.68. The van der Waals surface area contributed by atoms with Gasteiger partial charge in [-0.2, -0.15) is 0 Å². The van der Waals surface area contributed by atoms with Crippen LogP contribution in [0.3, 0.4) is 0 Å². The molecular weight excluding hydrogens is 250 g/mol. The van der Waals surface area contributed by atoms with E-state index >= 15 is 0 Å². The van der Waals surface area contributed by atoms with Crippen LogP contribution in [0.4, 0.5) is 0 Å². The van der Waals surface area contributed by atoms with Gasteiger partial charge in [-0.15, -0.1) is 0 Å². The summed E-state index contributed by atoms with van der Waals surface area (Å²) in [5.74, 6) is -1.21. The van der Waals surface area contributed by atoms with Gasteiger partial charge in [-0.3, -0.25) is 14.4 Å². The Morgan fingerprint density at radius 3 is 2.63 bits per heavy atom. The number of amides is 1. The number of Topliss-reactive ketones (excluding diaryl/α,β-unsaturated/α-hetero) is 1. The fourth-order valence-electron chi connectivity index (χ4n) is 1.38. The van der Waals surface area contributed by atoms with E-state index in [0.717, 1.165) is 0 Å². The van der Waals surface area contributed by atoms with Crippen molar-refractivity contribution in [2.75, 3.05) is 13.7 Å². The van der Waals surface area contributed by atoms with Crippen LogP contribution in [-0.2, 0) is 9.59 Å². The molecule has 0 radical (unpaired) electrons. The highest BCUT2D eigenvalue weighted by molar-refractivity contribution is 5.97. The molecule has 0 saturated carbocycles. The number of hydrogen-bond donors (Lipinski definition) is 2. The topological polar surface area (TPSA) is 92.7 Å². The number of carbonyl (C=O) groups is 3. The fraction of sp³-hybridized carbons (Fsp3) is 0.308. The summed E-state index contributed by atoms with van der Waals surface area (Å²) in [6.07, 6.45) is -0.318. The Hall–Kier alpha value is -2.37. The van der Waals surface area contributed by atoms with Crippen molar-refractivity contribution in [1.29, 1.82) is 0 Å². The van der Waals surface area contributed by atoms with Crippen molar-refractivity contribution >= 4 is 17.7 Å². The highest BCUT2D eigenvalue weighted by atomic mass is 16.5. The minimum Gasteiger partial charge on any atom is -0.497 e. The third-order valence-electron chi connectivity index (χ3n) is 2.40. The molecular formula is C13H15NO5. The largest absolute Gasteiger partial charge is 0.497 e. The summed E-state index contributed by atoms with van der Waals surface area (Å²) in [5.41, 5.74) is 0.380. The Bertz CT molecular complexity index is 484. The molecule has 0 spiro atoms. The lowest BCUT2D eigenvalue weighted by Crippen LogP contribution is -2.29. The molecule has 0 saturated heterocycles. The molecule has 0 aliphatic rings. The van der Waals surface area contributed by atoms with Crippen molar-refractivity contribution < 1.29 is 24.2 Å². The molecule has 1 amide bonds. The predicted molar refractivity (Wildman–Crippen MR) is 67.2 cm³/mol. The summed E-state index contributed by atoms with van der Waals surface area (Å²) >= 11 is 0. The van der Waals surface area contributed by atoms with Crippen molar-refractivity contribution in [2.45, 2.75) is 12.8 Å². The van der Waals surface area contributed by atoms with Crippen LogP contribution >= 0.6 is 0 Å². The first-order chi connectivity index (χ1) is 9.02. The average molecular weight is 265 g/mol. The van der Waals surface area contributed by atoms with E-state index in [0.29, 0.717) is 11.3 Å². The Labute approximate surface area is 110 Å². The summed E-state index contributed by atoms with van der Waals surface area (Å²) in [4.78, 5) is 33.3. The molecule has 0 heterocycles. The van der Waals surface area contributed by atoms with E-state index in [2.05, 4.69) is 5.32 Å². The zero-order valence-corrected chi connectivity index (χ0v) is 10.5. The van der Waals surface area contributed by atoms with E-state index in [1.165, 1.54) is 7.11 Å². The number of methoxy groups -OCH3 is 1. The van der Waals surface area contributed by atoms with Gasteiger partial charge in [-0.05, 0) is 18.2 Å². The maximum Gasteiger partial charge on any atom is 0.303 e. The molecule has 19 heavy (non-hydrogen) atoms. The van der Waals surface area contributed by atoms with Crippen molar-refractivity contribution in [3.63, 3.8) is 0 Å². The number of ether oxygens (including phenoxy) is 1. The lowest BCUT2D eigenvalue weighted by molar-refractivity contribution is -0.138. The second-order valence-corrected chi connectivity index (χ2v) is 3.85. The number of ketones is 1. The smallest absolute Gasteiger partial charge is 0.303 e. The van der Waals surface area contributed by atoms with Crippen LogP contribution in [0.1, 0.15) is 23.2 Å². The number of carboxylic acids is 1. The van der Waals surface area contributed by atoms with Gasteiger partial charge < -0.3 is 15.2 Å². The second kappa shape index (κ2) is 7.15. The third kappa shape index (κ3) is 5.20. The molecule has 0 bridgehead atoms. The van der Waals surface area contributed by atoms with Gasteiger partial charge in [0.2, 0.25) is 0 Å². The number of benzene rings is 1. The van der Waals surface area contributed by atoms with Gasteiger partial charge in [0, 0.05) is 12.0 Å². The maximum absolute atomic E-state index is 11.7. The van der Waals surface area contributed by atoms with E-state index in [9.17, 15) is 14.4 Å². The number of aliphatic carboxylic acids is 1. The number of hydrogen-bond acceptors (Lipinski definition) is 4. The minimum atomic E-state index is -1.03. The summed E-state index contributed by atoms with van der Waals surface area (Å²) in [6.45, 7) is -0.177. The first-order valence-electron chi connectivity index (χ1n) is 5.68. The molecule has 0 unspecified atom stereocenters. The first kappa shape index (κ1) is 14.7. The van der Waals surface area contributed by atoms with Crippen LogP contribution in [0.5, 0.6) is 5.75 Å². The van der Waals surface area contributed by atoms with Crippen LogP contribution < -0.4 is 10.1 Å². The number of nitrogens with one attached hydrogen (secondary N) is 1. The summed E-state index contributed by atoms with van der Waals surface area (Å²) in [6, 6.07) is 6.52. The Morgan fingerprint density at radius 1 is 1.26 bits per heavy atom. The Balaban J connectivity index is 2.46. The highest BCUT2D eigenvalue weighted by Crippen LogP contribution is 2.12. The second-order valence-electron chi connectivity index (χ2n) is 3.85. The molecule has 0 atom stereocenters. The van der Waals surface area contributed by atoms with Crippen LogP contribution in [0.25, 0.3) is 0 Å². The van der Waals surface area contributed by atoms with E-state index in [4.69, 9.17) is 9.84 Å². The van der Waals surface area contributed by atoms with Crippen LogP contribution in [0.15, 0.2) is 24.3 Å². The minimum absolute atomic E-state index is 0.0896. The summed E-state index contributed by atoms with van der Waals surface area (Å²) in [5, 5.41) is 10.9. The lowest BCUT2D eigenvalue weighted by Gasteiger charge is -2.05. The highest BCUT2D eigenvalue weighted by Gasteiger charge is 2.10. The number of rotatable bonds is 7. The van der Waals surface area contributed by atoms with Gasteiger partial charge in [-0.1, -0.05) is 6.07 Å². The van der Waals surface area contributed by atoms with Crippen molar-refractivity contribution in [2.24, 2.45) is 0 Å². The Kier molecular flexibility index (Phi) is 5.53. The molecule has 1 aromatic carbocycles. The molecule has 0 fully saturated rings. The standard InChI is InChI=1S/C13H15NO5/c1-19-11-4-2-3-9(7-11)13(18)14-8-10(15)5-6-12(16)17/h2-4,7H,5-6,8H2,1H3,(H,14,18)(H,16,17). The van der Waals surface area contributed by atoms with Crippen LogP contribution in [0, 0.1) is 0 Å². The average Bonchev–Trinajstić information content (AvgIpc) is 2.42. The van der Waals surface area contributed by atoms with Gasteiger partial charge >= 0.3 is 5.97 Å². The van der Waals surface area contributed by atoms with Gasteiger partial charge in [-0.25, -0.2) is 0 Å². The van der Waals surface area contributed by atoms with Gasteiger partial charge in [0.05, 0.1) is 20.1 Å². The zero-order chi connectivity index (χ0) is 14.3. The van der Waals surface area contributed by atoms with E-state index in [1.54, 1.807) is 24.3 Å². The normalized spacial score (nSPS) is 9.74. The predicted octanol–water partition coefficient (Wildman–Crippen LogP) is 0.859. The molecule has 1 rings (SSSR count). The molecule has 1 aromatic rings. The van der Waals surface area contributed by atoms with Crippen LogP contribution in [-0.4, -0.2) is 36.4 Å². The molecule has 0 aromatic heterocycles. The summed E-state index contributed by atoms with van der Waals surface area (Å²) in [7, 11) is 1.49. The van der Waals surface area contributed by atoms with Crippen LogP contribution in [0.2, 0.25) is 0 Å². The SMILES string of the molecule is COc1cccc(C(=O)NCC(=O)CCC(=O)O)c1. The van der Waals surface area contributed by atoms with E-state index < -0.39 is 11.9 Å². The van der Waals surface area contributed by atoms with Gasteiger partial charge in [0.1, 0.15) is 5.75 Å². The van der Waals surface area contributed by atoms with Gasteiger partial charge in [0.25, 0.3) is 5.91 Å². The molecule has 2 N–H and O–H groups in total. The van der Waals surface area contributed by atoms with Crippen molar-refractivity contribution in [3.8, 4) is 5.75 Å². The molecule has 0 aliphatic carbocycles. The van der Waals surface area contributed by atoms with E-state index in [-0.39, 0.29) is 25.2 Å². The summed E-state index contributed by atoms with van der Waals surface area (Å²) < 4.78 is 4.98. The van der Waals surface area contributed by atoms with E-state index in [1.807, 2.05) is 0 Å². The van der Waals surface area contributed by atoms with Gasteiger partial charge in [0.15, 0.2) is 5.78 Å². The molecule has 102 valence electrons. The maximum atomic E-state index is 11.7. The van der Waals surface area contributed by atoms with Crippen molar-refractivity contribution in [3.05, 3.63) is 29.8 Å². The number of carboxylic acid groups (broad SMARTS) is 1. The fourth-order valence-corrected chi connectivity index (χ4v) is 1.38. The number of carbonyl (C=O) groups excluding carboxylic acids is 2. The monoisotopic (exact) mass is 265 g/mol. The Morgan fingerprint density at radius 2 is 2.00 bits per heavy atom. The molecule has 6 heteroatoms. The molecule has 6 nitrogen and oxygen atoms in total. The van der Waals surface area contributed by atoms with Crippen molar-refractivity contribution in [1.82, 2.24) is 5.32 Å². The molecule has 0 aliphatic heterocycles.